The summed E-state index contributed by atoms with van der Waals surface area (Å²) in [5.41, 5.74) is -2.87. The van der Waals surface area contributed by atoms with Crippen molar-refractivity contribution in [2.75, 3.05) is 0 Å². The zero-order valence-electron chi connectivity index (χ0n) is 46.0. The van der Waals surface area contributed by atoms with Crippen LogP contribution in [0.25, 0.3) is 0 Å². The van der Waals surface area contributed by atoms with Crippen molar-refractivity contribution in [2.24, 2.45) is 0 Å². The van der Waals surface area contributed by atoms with Gasteiger partial charge in [-0.25, -0.2) is 4.79 Å². The smallest absolute Gasteiger partial charge is 0.346 e. The van der Waals surface area contributed by atoms with Crippen molar-refractivity contribution >= 4 is 35.8 Å². The Morgan fingerprint density at radius 2 is 0.429 bits per heavy atom. The van der Waals surface area contributed by atoms with Gasteiger partial charge in [-0.05, 0) is 19.3 Å². The Morgan fingerprint density at radius 3 is 0.629 bits per heavy atom. The molecule has 10 nitrogen and oxygen atoms in total. The Bertz CT molecular complexity index is 1200. The number of unbranched alkanes of at least 4 members (excludes halogenated alkanes) is 42. The molecule has 0 rings (SSSR count). The molecule has 0 saturated carbocycles. The number of carbonyl (C=O) groups excluding carboxylic acids is 6. The first-order chi connectivity index (χ1) is 34.1. The van der Waals surface area contributed by atoms with Gasteiger partial charge in [0, 0.05) is 19.3 Å². The summed E-state index contributed by atoms with van der Waals surface area (Å²) < 4.78 is 14.8. The first-order valence-electron chi connectivity index (χ1n) is 30.0. The largest absolute Gasteiger partial charge is 0.393 e. The average Bonchev–Trinajstić information content (AvgIpc) is 3.32. The summed E-state index contributed by atoms with van der Waals surface area (Å²) in [6.45, 7) is 6.73. The van der Waals surface area contributed by atoms with Crippen molar-refractivity contribution in [1.82, 2.24) is 0 Å². The second-order valence-electron chi connectivity index (χ2n) is 20.9. The van der Waals surface area contributed by atoms with Gasteiger partial charge >= 0.3 is 35.8 Å². The fourth-order valence-corrected chi connectivity index (χ4v) is 9.28. The van der Waals surface area contributed by atoms with Gasteiger partial charge in [-0.15, -0.1) is 0 Å². The fourth-order valence-electron chi connectivity index (χ4n) is 9.28. The standard InChI is InChI=1S/C60H110O10/c1-4-7-10-13-16-19-22-25-28-31-34-37-40-43-46-49-54(61)68-57(64)52-60(67,59(66)70-56(63)51-48-45-42-39-36-33-30-27-24-21-18-15-12-9-6-3)53-58(65)69-55(62)50-47-44-41-38-35-32-29-26-23-20-17-14-11-8-5-2/h67H,4-53H2,1-3H3. The summed E-state index contributed by atoms with van der Waals surface area (Å²) in [5, 5.41) is 11.4. The van der Waals surface area contributed by atoms with E-state index in [2.05, 4.69) is 20.8 Å². The second-order valence-corrected chi connectivity index (χ2v) is 20.9. The molecule has 0 aliphatic carbocycles. The van der Waals surface area contributed by atoms with Crippen LogP contribution in [0.5, 0.6) is 0 Å². The maximum Gasteiger partial charge on any atom is 0.346 e. The van der Waals surface area contributed by atoms with Gasteiger partial charge < -0.3 is 19.3 Å². The van der Waals surface area contributed by atoms with Gasteiger partial charge in [0.15, 0.2) is 5.60 Å². The number of aliphatic hydroxyl groups is 1. The number of hydrogen-bond acceptors (Lipinski definition) is 10. The van der Waals surface area contributed by atoms with Crippen LogP contribution in [0, 0.1) is 0 Å². The molecule has 0 saturated heterocycles. The second kappa shape index (κ2) is 51.3. The number of esters is 6. The van der Waals surface area contributed by atoms with Gasteiger partial charge in [-0.2, -0.15) is 0 Å². The van der Waals surface area contributed by atoms with E-state index in [9.17, 15) is 33.9 Å². The van der Waals surface area contributed by atoms with E-state index in [0.29, 0.717) is 19.3 Å². The Kier molecular flexibility index (Phi) is 49.4. The molecule has 10 heteroatoms. The molecule has 410 valence electrons. The molecule has 0 unspecified atom stereocenters. The summed E-state index contributed by atoms with van der Waals surface area (Å²) in [6.07, 6.45) is 50.3. The van der Waals surface area contributed by atoms with Crippen LogP contribution >= 0.6 is 0 Å². The van der Waals surface area contributed by atoms with E-state index in [1.165, 1.54) is 193 Å². The highest BCUT2D eigenvalue weighted by Gasteiger charge is 2.45. The van der Waals surface area contributed by atoms with E-state index in [1.54, 1.807) is 0 Å². The van der Waals surface area contributed by atoms with Crippen molar-refractivity contribution in [2.45, 2.75) is 347 Å². The highest BCUT2D eigenvalue weighted by atomic mass is 16.6. The number of hydrogen-bond donors (Lipinski definition) is 1. The van der Waals surface area contributed by atoms with Crippen molar-refractivity contribution in [3.8, 4) is 0 Å². The van der Waals surface area contributed by atoms with Crippen molar-refractivity contribution in [1.29, 1.82) is 0 Å². The molecule has 1 N–H and O–H groups in total. The Hall–Kier alpha value is -2.62. The zero-order valence-corrected chi connectivity index (χ0v) is 46.0. The molecule has 0 aromatic rings. The van der Waals surface area contributed by atoms with Crippen LogP contribution in [0.2, 0.25) is 0 Å². The van der Waals surface area contributed by atoms with Crippen LogP contribution in [0.15, 0.2) is 0 Å². The van der Waals surface area contributed by atoms with E-state index in [4.69, 9.17) is 14.2 Å². The third kappa shape index (κ3) is 46.5. The molecule has 0 amide bonds. The molecule has 0 fully saturated rings. The summed E-state index contributed by atoms with van der Waals surface area (Å²) in [5.74, 6) is -6.50. The monoisotopic (exact) mass is 991 g/mol. The molecule has 0 atom stereocenters. The highest BCUT2D eigenvalue weighted by Crippen LogP contribution is 2.23. The molecule has 0 spiro atoms. The SMILES string of the molecule is CCCCCCCCCCCCCCCCCC(=O)OC(=O)CC(O)(CC(=O)OC(=O)CCCCCCCCCCCCCCCCC)C(=O)OC(=O)CCCCCCCCCCCCCCCCC. The maximum absolute atomic E-state index is 13.3. The van der Waals surface area contributed by atoms with Crippen LogP contribution in [0.4, 0.5) is 0 Å². The van der Waals surface area contributed by atoms with E-state index in [1.807, 2.05) is 0 Å². The zero-order chi connectivity index (χ0) is 51.4. The predicted molar refractivity (Wildman–Crippen MR) is 286 cm³/mol. The van der Waals surface area contributed by atoms with Gasteiger partial charge in [0.25, 0.3) is 0 Å². The Balaban J connectivity index is 4.75. The van der Waals surface area contributed by atoms with E-state index < -0.39 is 54.3 Å². The molecule has 0 heterocycles. The summed E-state index contributed by atoms with van der Waals surface area (Å²) in [7, 11) is 0. The van der Waals surface area contributed by atoms with E-state index in [0.717, 1.165) is 77.0 Å². The minimum atomic E-state index is -2.87. The highest BCUT2D eigenvalue weighted by molar-refractivity contribution is 5.98. The van der Waals surface area contributed by atoms with Gasteiger partial charge in [0.2, 0.25) is 0 Å². The van der Waals surface area contributed by atoms with Gasteiger partial charge in [0.05, 0.1) is 12.8 Å². The van der Waals surface area contributed by atoms with Gasteiger partial charge in [-0.3, -0.25) is 24.0 Å². The molecule has 70 heavy (non-hydrogen) atoms. The van der Waals surface area contributed by atoms with Crippen LogP contribution in [-0.2, 0) is 43.0 Å². The minimum Gasteiger partial charge on any atom is -0.393 e. The molecule has 0 bridgehead atoms. The first-order valence-corrected chi connectivity index (χ1v) is 30.0. The number of rotatable bonds is 53. The first kappa shape index (κ1) is 67.4. The third-order valence-electron chi connectivity index (χ3n) is 13.9. The summed E-state index contributed by atoms with van der Waals surface area (Å²) in [4.78, 5) is 76.9. The van der Waals surface area contributed by atoms with Gasteiger partial charge in [-0.1, -0.05) is 290 Å². The predicted octanol–water partition coefficient (Wildman–Crippen LogP) is 17.5. The lowest BCUT2D eigenvalue weighted by molar-refractivity contribution is -0.184. The maximum atomic E-state index is 13.3. The van der Waals surface area contributed by atoms with Crippen LogP contribution in [0.1, 0.15) is 342 Å². The molecular weight excluding hydrogens is 881 g/mol. The van der Waals surface area contributed by atoms with Crippen molar-refractivity contribution < 1.29 is 48.1 Å². The minimum absolute atomic E-state index is 0.0134. The molecule has 0 aromatic carbocycles. The van der Waals surface area contributed by atoms with Crippen molar-refractivity contribution in [3.05, 3.63) is 0 Å². The topological polar surface area (TPSA) is 150 Å². The molecule has 0 radical (unpaired) electrons. The lowest BCUT2D eigenvalue weighted by Gasteiger charge is -2.23. The fraction of sp³-hybridized carbons (Fsp3) is 0.900. The molecule has 0 aromatic heterocycles. The summed E-state index contributed by atoms with van der Waals surface area (Å²) in [6, 6.07) is 0. The normalized spacial score (nSPS) is 11.5. The number of ether oxygens (including phenoxy) is 3. The molecule has 0 aliphatic heterocycles. The lowest BCUT2D eigenvalue weighted by atomic mass is 9.95. The lowest BCUT2D eigenvalue weighted by Crippen LogP contribution is -2.46. The summed E-state index contributed by atoms with van der Waals surface area (Å²) >= 11 is 0. The molecular formula is C60H110O10. The van der Waals surface area contributed by atoms with Crippen LogP contribution in [0.3, 0.4) is 0 Å². The third-order valence-corrected chi connectivity index (χ3v) is 13.9. The number of carbonyl (C=O) groups is 6. The average molecular weight is 992 g/mol. The van der Waals surface area contributed by atoms with Crippen LogP contribution < -0.4 is 0 Å². The Labute approximate surface area is 429 Å². The van der Waals surface area contributed by atoms with Gasteiger partial charge in [0.1, 0.15) is 0 Å². The Morgan fingerprint density at radius 1 is 0.257 bits per heavy atom. The molecule has 0 aliphatic rings. The van der Waals surface area contributed by atoms with E-state index in [-0.39, 0.29) is 19.3 Å². The van der Waals surface area contributed by atoms with Crippen LogP contribution in [-0.4, -0.2) is 46.5 Å². The van der Waals surface area contributed by atoms with Crippen molar-refractivity contribution in [3.63, 3.8) is 0 Å². The van der Waals surface area contributed by atoms with E-state index >= 15 is 0 Å². The quantitative estimate of drug-likeness (QED) is 0.0270.